The Bertz CT molecular complexity index is 775. The van der Waals surface area contributed by atoms with E-state index in [9.17, 15) is 9.59 Å². The molecule has 2 aromatic rings. The Balaban J connectivity index is 1.88. The van der Waals surface area contributed by atoms with Gasteiger partial charge in [-0.1, -0.05) is 39.3 Å². The molecule has 0 saturated carbocycles. The lowest BCUT2D eigenvalue weighted by atomic mass is 10.1. The van der Waals surface area contributed by atoms with Crippen LogP contribution in [0.15, 0.2) is 58.2 Å². The van der Waals surface area contributed by atoms with Gasteiger partial charge in [-0.2, -0.15) is 0 Å². The molecular formula is C18H17BrN2O4. The zero-order valence-electron chi connectivity index (χ0n) is 13.7. The number of benzene rings is 2. The largest absolute Gasteiger partial charge is 0.465 e. The van der Waals surface area contributed by atoms with E-state index in [0.29, 0.717) is 11.3 Å². The van der Waals surface area contributed by atoms with Gasteiger partial charge in [0.25, 0.3) is 5.91 Å². The fourth-order valence-corrected chi connectivity index (χ4v) is 2.26. The van der Waals surface area contributed by atoms with Crippen LogP contribution in [0.4, 0.5) is 5.69 Å². The van der Waals surface area contributed by atoms with Crippen LogP contribution >= 0.6 is 15.9 Å². The van der Waals surface area contributed by atoms with Crippen LogP contribution in [0, 0.1) is 0 Å². The molecule has 0 bridgehead atoms. The third-order valence-electron chi connectivity index (χ3n) is 3.21. The number of amides is 1. The van der Waals surface area contributed by atoms with Crippen molar-refractivity contribution in [3.8, 4) is 0 Å². The lowest BCUT2D eigenvalue weighted by Gasteiger charge is -2.10. The summed E-state index contributed by atoms with van der Waals surface area (Å²) in [6.45, 7) is 1.60. The maximum Gasteiger partial charge on any atom is 0.337 e. The van der Waals surface area contributed by atoms with E-state index < -0.39 is 12.1 Å². The maximum absolute atomic E-state index is 12.0. The molecule has 0 heterocycles. The number of carbonyl (C=O) groups is 2. The summed E-state index contributed by atoms with van der Waals surface area (Å²) in [6, 6.07) is 13.9. The smallest absolute Gasteiger partial charge is 0.337 e. The van der Waals surface area contributed by atoms with E-state index in [1.807, 2.05) is 12.1 Å². The van der Waals surface area contributed by atoms with E-state index in [1.54, 1.807) is 43.3 Å². The van der Waals surface area contributed by atoms with Gasteiger partial charge in [-0.15, -0.1) is 0 Å². The van der Waals surface area contributed by atoms with Crippen molar-refractivity contribution in [1.82, 2.24) is 0 Å². The van der Waals surface area contributed by atoms with Gasteiger partial charge in [0.2, 0.25) is 6.10 Å². The molecule has 0 fully saturated rings. The summed E-state index contributed by atoms with van der Waals surface area (Å²) < 4.78 is 5.49. The summed E-state index contributed by atoms with van der Waals surface area (Å²) in [4.78, 5) is 28.6. The van der Waals surface area contributed by atoms with Gasteiger partial charge in [0.05, 0.1) is 18.9 Å². The number of carbonyl (C=O) groups excluding carboxylic acids is 2. The quantitative estimate of drug-likeness (QED) is 0.453. The molecule has 0 spiro atoms. The number of hydrogen-bond donors (Lipinski definition) is 1. The SMILES string of the molecule is COC(=O)c1ccc(/C=N/OC(C)C(=O)Nc2cccc(Br)c2)cc1. The molecule has 1 amide bonds. The molecule has 1 N–H and O–H groups in total. The highest BCUT2D eigenvalue weighted by atomic mass is 79.9. The minimum absolute atomic E-state index is 0.309. The lowest BCUT2D eigenvalue weighted by molar-refractivity contribution is -0.126. The molecule has 2 rings (SSSR count). The summed E-state index contributed by atoms with van der Waals surface area (Å²) >= 11 is 3.34. The Kier molecular flexibility index (Phi) is 6.71. The van der Waals surface area contributed by atoms with Crippen LogP contribution < -0.4 is 5.32 Å². The monoisotopic (exact) mass is 404 g/mol. The molecule has 130 valence electrons. The second-order valence-electron chi connectivity index (χ2n) is 5.10. The van der Waals surface area contributed by atoms with Crippen molar-refractivity contribution in [2.45, 2.75) is 13.0 Å². The molecule has 1 atom stereocenters. The van der Waals surface area contributed by atoms with Crippen molar-refractivity contribution in [2.75, 3.05) is 12.4 Å². The molecule has 1 unspecified atom stereocenters. The maximum atomic E-state index is 12.0. The Morgan fingerprint density at radius 3 is 2.56 bits per heavy atom. The normalized spacial score (nSPS) is 11.8. The molecule has 0 saturated heterocycles. The number of hydrogen-bond acceptors (Lipinski definition) is 5. The molecule has 0 aromatic heterocycles. The van der Waals surface area contributed by atoms with Gasteiger partial charge in [0, 0.05) is 10.2 Å². The Labute approximate surface area is 153 Å². The highest BCUT2D eigenvalue weighted by Gasteiger charge is 2.14. The third-order valence-corrected chi connectivity index (χ3v) is 3.71. The van der Waals surface area contributed by atoms with Crippen molar-refractivity contribution >= 4 is 39.7 Å². The van der Waals surface area contributed by atoms with Gasteiger partial charge in [0.1, 0.15) is 0 Å². The van der Waals surface area contributed by atoms with E-state index in [2.05, 4.69) is 31.1 Å². The highest BCUT2D eigenvalue weighted by Crippen LogP contribution is 2.16. The van der Waals surface area contributed by atoms with Crippen molar-refractivity contribution in [3.63, 3.8) is 0 Å². The molecule has 25 heavy (non-hydrogen) atoms. The first-order valence-electron chi connectivity index (χ1n) is 7.43. The topological polar surface area (TPSA) is 77.0 Å². The second kappa shape index (κ2) is 8.98. The van der Waals surface area contributed by atoms with Crippen LogP contribution in [0.25, 0.3) is 0 Å². The van der Waals surface area contributed by atoms with Crippen LogP contribution in [-0.2, 0) is 14.4 Å². The fraction of sp³-hybridized carbons (Fsp3) is 0.167. The number of nitrogens with one attached hydrogen (secondary N) is 1. The van der Waals surface area contributed by atoms with E-state index in [0.717, 1.165) is 10.0 Å². The average Bonchev–Trinajstić information content (AvgIpc) is 2.61. The Hall–Kier alpha value is -2.67. The van der Waals surface area contributed by atoms with Crippen molar-refractivity contribution in [2.24, 2.45) is 5.16 Å². The van der Waals surface area contributed by atoms with Gasteiger partial charge in [-0.25, -0.2) is 4.79 Å². The van der Waals surface area contributed by atoms with Gasteiger partial charge < -0.3 is 14.9 Å². The molecule has 0 aliphatic rings. The predicted molar refractivity (Wildman–Crippen MR) is 98.7 cm³/mol. The van der Waals surface area contributed by atoms with Crippen LogP contribution in [-0.4, -0.2) is 31.3 Å². The molecular weight excluding hydrogens is 388 g/mol. The minimum Gasteiger partial charge on any atom is -0.465 e. The first-order chi connectivity index (χ1) is 12.0. The van der Waals surface area contributed by atoms with E-state index in [-0.39, 0.29) is 5.91 Å². The van der Waals surface area contributed by atoms with Crippen molar-refractivity contribution in [1.29, 1.82) is 0 Å². The molecule has 7 heteroatoms. The highest BCUT2D eigenvalue weighted by molar-refractivity contribution is 9.10. The minimum atomic E-state index is -0.760. The first kappa shape index (κ1) is 18.7. The summed E-state index contributed by atoms with van der Waals surface area (Å²) in [6.07, 6.45) is 0.703. The van der Waals surface area contributed by atoms with Gasteiger partial charge >= 0.3 is 5.97 Å². The first-order valence-corrected chi connectivity index (χ1v) is 8.23. The van der Waals surface area contributed by atoms with Gasteiger partial charge in [-0.05, 0) is 42.8 Å². The molecule has 6 nitrogen and oxygen atoms in total. The standard InChI is InChI=1S/C18H17BrN2O4/c1-12(17(22)21-16-5-3-4-15(19)10-16)25-20-11-13-6-8-14(9-7-13)18(23)24-2/h3-12H,1-2H3,(H,21,22)/b20-11+. The molecule has 0 aliphatic heterocycles. The van der Waals surface area contributed by atoms with E-state index >= 15 is 0 Å². The summed E-state index contributed by atoms with van der Waals surface area (Å²) in [7, 11) is 1.33. The van der Waals surface area contributed by atoms with Gasteiger partial charge in [0.15, 0.2) is 0 Å². The number of esters is 1. The fourth-order valence-electron chi connectivity index (χ4n) is 1.86. The van der Waals surface area contributed by atoms with E-state index in [1.165, 1.54) is 13.3 Å². The van der Waals surface area contributed by atoms with Crippen LogP contribution in [0.5, 0.6) is 0 Å². The Morgan fingerprint density at radius 1 is 1.20 bits per heavy atom. The number of methoxy groups -OCH3 is 1. The predicted octanol–water partition coefficient (Wildman–Crippen LogP) is 3.61. The molecule has 2 aromatic carbocycles. The zero-order valence-corrected chi connectivity index (χ0v) is 15.3. The van der Waals surface area contributed by atoms with Gasteiger partial charge in [-0.3, -0.25) is 4.79 Å². The zero-order chi connectivity index (χ0) is 18.2. The number of nitrogens with zero attached hydrogens (tertiary/aromatic N) is 1. The number of anilines is 1. The lowest BCUT2D eigenvalue weighted by Crippen LogP contribution is -2.26. The van der Waals surface area contributed by atoms with Crippen LogP contribution in [0.1, 0.15) is 22.8 Å². The number of ether oxygens (including phenoxy) is 1. The van der Waals surface area contributed by atoms with E-state index in [4.69, 9.17) is 4.84 Å². The number of oxime groups is 1. The number of rotatable bonds is 6. The summed E-state index contributed by atoms with van der Waals surface area (Å²) in [5, 5.41) is 6.54. The van der Waals surface area contributed by atoms with Crippen molar-refractivity contribution in [3.05, 3.63) is 64.1 Å². The average molecular weight is 405 g/mol. The van der Waals surface area contributed by atoms with Crippen LogP contribution in [0.3, 0.4) is 0 Å². The van der Waals surface area contributed by atoms with Crippen LogP contribution in [0.2, 0.25) is 0 Å². The summed E-state index contributed by atoms with van der Waals surface area (Å²) in [5.41, 5.74) is 1.84. The summed E-state index contributed by atoms with van der Waals surface area (Å²) in [5.74, 6) is -0.714. The third kappa shape index (κ3) is 5.72. The number of halogens is 1. The second-order valence-corrected chi connectivity index (χ2v) is 6.01. The molecule has 0 aliphatic carbocycles. The Morgan fingerprint density at radius 2 is 1.92 bits per heavy atom. The molecule has 0 radical (unpaired) electrons. The van der Waals surface area contributed by atoms with Crippen molar-refractivity contribution < 1.29 is 19.2 Å².